The largest absolute Gasteiger partial charge is 0.495 e. The van der Waals surface area contributed by atoms with E-state index in [-0.39, 0.29) is 11.8 Å². The SMILES string of the molecule is COc1ccc(C)cc1NC(=O)C(C)(C)C(=O)N1CCCC1. The number of carbonyl (C=O) groups is 2. The van der Waals surface area contributed by atoms with Gasteiger partial charge in [-0.25, -0.2) is 0 Å². The van der Waals surface area contributed by atoms with Crippen LogP contribution in [0.2, 0.25) is 0 Å². The van der Waals surface area contributed by atoms with Crippen molar-refractivity contribution < 1.29 is 14.3 Å². The number of nitrogens with zero attached hydrogens (tertiary/aromatic N) is 1. The fraction of sp³-hybridized carbons (Fsp3) is 0.529. The van der Waals surface area contributed by atoms with Crippen molar-refractivity contribution in [1.82, 2.24) is 4.90 Å². The molecule has 2 rings (SSSR count). The van der Waals surface area contributed by atoms with Gasteiger partial charge < -0.3 is 15.0 Å². The summed E-state index contributed by atoms with van der Waals surface area (Å²) in [7, 11) is 1.56. The minimum absolute atomic E-state index is 0.117. The number of carbonyl (C=O) groups excluding carboxylic acids is 2. The van der Waals surface area contributed by atoms with Crippen LogP contribution in [-0.4, -0.2) is 36.9 Å². The van der Waals surface area contributed by atoms with E-state index >= 15 is 0 Å². The second-order valence-corrected chi connectivity index (χ2v) is 6.28. The summed E-state index contributed by atoms with van der Waals surface area (Å²) >= 11 is 0. The first-order chi connectivity index (χ1) is 10.4. The Hall–Kier alpha value is -2.04. The lowest BCUT2D eigenvalue weighted by Crippen LogP contribution is -2.46. The summed E-state index contributed by atoms with van der Waals surface area (Å²) in [5.74, 6) is 0.158. The molecule has 5 heteroatoms. The third-order valence-electron chi connectivity index (χ3n) is 4.10. The Morgan fingerprint density at radius 3 is 2.45 bits per heavy atom. The smallest absolute Gasteiger partial charge is 0.239 e. The number of anilines is 1. The van der Waals surface area contributed by atoms with Crippen LogP contribution in [0, 0.1) is 12.3 Å². The summed E-state index contributed by atoms with van der Waals surface area (Å²) in [6.07, 6.45) is 2.02. The van der Waals surface area contributed by atoms with Crippen molar-refractivity contribution in [2.75, 3.05) is 25.5 Å². The molecule has 1 N–H and O–H groups in total. The van der Waals surface area contributed by atoms with Crippen molar-refractivity contribution in [3.8, 4) is 5.75 Å². The van der Waals surface area contributed by atoms with Crippen molar-refractivity contribution in [2.24, 2.45) is 5.41 Å². The Morgan fingerprint density at radius 1 is 1.23 bits per heavy atom. The lowest BCUT2D eigenvalue weighted by atomic mass is 9.90. The van der Waals surface area contributed by atoms with E-state index < -0.39 is 5.41 Å². The van der Waals surface area contributed by atoms with Crippen LogP contribution >= 0.6 is 0 Å². The molecular weight excluding hydrogens is 280 g/mol. The average Bonchev–Trinajstić information content (AvgIpc) is 3.00. The van der Waals surface area contributed by atoms with Gasteiger partial charge in [-0.05, 0) is 51.3 Å². The molecule has 22 heavy (non-hydrogen) atoms. The monoisotopic (exact) mass is 304 g/mol. The zero-order valence-electron chi connectivity index (χ0n) is 13.7. The van der Waals surface area contributed by atoms with Gasteiger partial charge in [0.1, 0.15) is 11.2 Å². The summed E-state index contributed by atoms with van der Waals surface area (Å²) in [6, 6.07) is 5.56. The number of aryl methyl sites for hydroxylation is 1. The molecule has 2 amide bonds. The molecule has 0 saturated carbocycles. The van der Waals surface area contributed by atoms with E-state index in [2.05, 4.69) is 5.32 Å². The number of rotatable bonds is 4. The molecule has 0 aromatic heterocycles. The molecule has 0 spiro atoms. The van der Waals surface area contributed by atoms with Crippen LogP contribution in [-0.2, 0) is 9.59 Å². The van der Waals surface area contributed by atoms with Gasteiger partial charge in [0.2, 0.25) is 11.8 Å². The van der Waals surface area contributed by atoms with Crippen molar-refractivity contribution in [1.29, 1.82) is 0 Å². The minimum Gasteiger partial charge on any atom is -0.495 e. The van der Waals surface area contributed by atoms with Gasteiger partial charge in [-0.1, -0.05) is 6.07 Å². The number of amides is 2. The maximum absolute atomic E-state index is 12.6. The second kappa shape index (κ2) is 6.38. The van der Waals surface area contributed by atoms with Crippen LogP contribution in [0.15, 0.2) is 18.2 Å². The summed E-state index contributed by atoms with van der Waals surface area (Å²) in [6.45, 7) is 6.76. The quantitative estimate of drug-likeness (QED) is 0.870. The number of hydrogen-bond acceptors (Lipinski definition) is 3. The van der Waals surface area contributed by atoms with Gasteiger partial charge in [-0.15, -0.1) is 0 Å². The molecule has 1 aromatic carbocycles. The summed E-state index contributed by atoms with van der Waals surface area (Å²) in [4.78, 5) is 26.9. The highest BCUT2D eigenvalue weighted by atomic mass is 16.5. The van der Waals surface area contributed by atoms with Gasteiger partial charge in [0.15, 0.2) is 0 Å². The van der Waals surface area contributed by atoms with E-state index in [0.717, 1.165) is 31.5 Å². The predicted octanol–water partition coefficient (Wildman–Crippen LogP) is 2.59. The van der Waals surface area contributed by atoms with Gasteiger partial charge in [0, 0.05) is 13.1 Å². The minimum atomic E-state index is -1.10. The standard InChI is InChI=1S/C17H24N2O3/c1-12-7-8-14(22-4)13(11-12)18-15(20)17(2,3)16(21)19-9-5-6-10-19/h7-8,11H,5-6,9-10H2,1-4H3,(H,18,20). The van der Waals surface area contributed by atoms with Crippen LogP contribution in [0.1, 0.15) is 32.3 Å². The summed E-state index contributed by atoms with van der Waals surface area (Å²) < 4.78 is 5.26. The summed E-state index contributed by atoms with van der Waals surface area (Å²) in [5, 5.41) is 2.84. The van der Waals surface area contributed by atoms with Crippen LogP contribution in [0.5, 0.6) is 5.75 Å². The van der Waals surface area contributed by atoms with Gasteiger partial charge in [0.05, 0.1) is 12.8 Å². The molecule has 5 nitrogen and oxygen atoms in total. The summed E-state index contributed by atoms with van der Waals surface area (Å²) in [5.41, 5.74) is 0.508. The molecule has 1 aliphatic rings. The van der Waals surface area contributed by atoms with Gasteiger partial charge in [-0.2, -0.15) is 0 Å². The van der Waals surface area contributed by atoms with Crippen LogP contribution in [0.3, 0.4) is 0 Å². The molecular formula is C17H24N2O3. The Labute approximate surface area is 131 Å². The number of ether oxygens (including phenoxy) is 1. The van der Waals surface area contributed by atoms with Gasteiger partial charge in [-0.3, -0.25) is 9.59 Å². The Morgan fingerprint density at radius 2 is 1.86 bits per heavy atom. The molecule has 0 unspecified atom stereocenters. The highest BCUT2D eigenvalue weighted by molar-refractivity contribution is 6.10. The Balaban J connectivity index is 2.16. The topological polar surface area (TPSA) is 58.6 Å². The van der Waals surface area contributed by atoms with Crippen LogP contribution < -0.4 is 10.1 Å². The Kier molecular flexibility index (Phi) is 4.74. The first-order valence-corrected chi connectivity index (χ1v) is 7.61. The molecule has 1 aliphatic heterocycles. The highest BCUT2D eigenvalue weighted by Gasteiger charge is 2.40. The molecule has 0 radical (unpaired) electrons. The number of nitrogens with one attached hydrogen (secondary N) is 1. The lowest BCUT2D eigenvalue weighted by Gasteiger charge is -2.28. The zero-order valence-corrected chi connectivity index (χ0v) is 13.7. The van der Waals surface area contributed by atoms with Gasteiger partial charge >= 0.3 is 0 Å². The maximum atomic E-state index is 12.6. The molecule has 1 fully saturated rings. The predicted molar refractivity (Wildman–Crippen MR) is 86.0 cm³/mol. The molecule has 1 saturated heterocycles. The second-order valence-electron chi connectivity index (χ2n) is 6.28. The van der Waals surface area contributed by atoms with Crippen molar-refractivity contribution in [2.45, 2.75) is 33.6 Å². The van der Waals surface area contributed by atoms with Crippen LogP contribution in [0.25, 0.3) is 0 Å². The molecule has 0 aliphatic carbocycles. The molecule has 0 bridgehead atoms. The van der Waals surface area contributed by atoms with Crippen molar-refractivity contribution in [3.63, 3.8) is 0 Å². The van der Waals surface area contributed by atoms with Crippen molar-refractivity contribution in [3.05, 3.63) is 23.8 Å². The third-order valence-corrected chi connectivity index (χ3v) is 4.10. The molecule has 120 valence electrons. The number of likely N-dealkylation sites (tertiary alicyclic amines) is 1. The van der Waals surface area contributed by atoms with E-state index in [9.17, 15) is 9.59 Å². The average molecular weight is 304 g/mol. The van der Waals surface area contributed by atoms with Crippen LogP contribution in [0.4, 0.5) is 5.69 Å². The number of methoxy groups -OCH3 is 1. The first kappa shape index (κ1) is 16.3. The van der Waals surface area contributed by atoms with Crippen molar-refractivity contribution >= 4 is 17.5 Å². The highest BCUT2D eigenvalue weighted by Crippen LogP contribution is 2.29. The van der Waals surface area contributed by atoms with E-state index in [4.69, 9.17) is 4.74 Å². The van der Waals surface area contributed by atoms with E-state index in [1.165, 1.54) is 0 Å². The maximum Gasteiger partial charge on any atom is 0.239 e. The fourth-order valence-electron chi connectivity index (χ4n) is 2.61. The fourth-order valence-corrected chi connectivity index (χ4v) is 2.61. The molecule has 1 aromatic rings. The Bertz CT molecular complexity index is 575. The zero-order chi connectivity index (χ0) is 16.3. The van der Waals surface area contributed by atoms with E-state index in [1.54, 1.807) is 31.9 Å². The first-order valence-electron chi connectivity index (χ1n) is 7.61. The molecule has 0 atom stereocenters. The van der Waals surface area contributed by atoms with E-state index in [0.29, 0.717) is 11.4 Å². The third kappa shape index (κ3) is 3.24. The number of hydrogen-bond donors (Lipinski definition) is 1. The lowest BCUT2D eigenvalue weighted by molar-refractivity contribution is -0.145. The molecule has 1 heterocycles. The normalized spacial score (nSPS) is 14.8. The number of benzene rings is 1. The van der Waals surface area contributed by atoms with E-state index in [1.807, 2.05) is 19.1 Å². The van der Waals surface area contributed by atoms with Gasteiger partial charge in [0.25, 0.3) is 0 Å².